The molecule has 0 fully saturated rings. The molecule has 1 aromatic heterocycles. The highest BCUT2D eigenvalue weighted by Gasteiger charge is 2.04. The maximum atomic E-state index is 13.3. The fourth-order valence-corrected chi connectivity index (χ4v) is 1.41. The molecule has 0 saturated carbocycles. The number of benzene rings is 1. The first-order valence-corrected chi connectivity index (χ1v) is 4.56. The average Bonchev–Trinajstić information content (AvgIpc) is 2.70. The lowest BCUT2D eigenvalue weighted by Gasteiger charge is -1.96. The number of nitrogens with zero attached hydrogens (tertiary/aromatic N) is 2. The molecular weight excluding hydrogens is 209 g/mol. The Kier molecular flexibility index (Phi) is 2.55. The lowest BCUT2D eigenvalue weighted by atomic mass is 10.1. The zero-order valence-electron chi connectivity index (χ0n) is 8.31. The van der Waals surface area contributed by atoms with Crippen LogP contribution in [0.2, 0.25) is 0 Å². The summed E-state index contributed by atoms with van der Waals surface area (Å²) in [6, 6.07) is 4.62. The fraction of sp³-hybridized carbons (Fsp3) is 0. The molecular formula is C10H10FN5. The first kappa shape index (κ1) is 10.2. The molecule has 0 aliphatic heterocycles. The van der Waals surface area contributed by atoms with E-state index in [1.54, 1.807) is 18.3 Å². The van der Waals surface area contributed by atoms with Crippen LogP contribution in [0.15, 0.2) is 34.6 Å². The molecule has 2 rings (SSSR count). The molecule has 6 heteroatoms. The zero-order valence-corrected chi connectivity index (χ0v) is 8.31. The van der Waals surface area contributed by atoms with Gasteiger partial charge in [-0.05, 0) is 18.2 Å². The molecule has 0 spiro atoms. The van der Waals surface area contributed by atoms with Gasteiger partial charge in [-0.1, -0.05) is 0 Å². The second-order valence-corrected chi connectivity index (χ2v) is 3.17. The van der Waals surface area contributed by atoms with Crippen LogP contribution in [0.25, 0.3) is 10.9 Å². The summed E-state index contributed by atoms with van der Waals surface area (Å²) in [4.78, 5) is 2.92. The Balaban J connectivity index is 2.46. The van der Waals surface area contributed by atoms with Gasteiger partial charge < -0.3 is 16.5 Å². The fourth-order valence-electron chi connectivity index (χ4n) is 1.41. The molecule has 5 nitrogen and oxygen atoms in total. The minimum atomic E-state index is -0.282. The zero-order chi connectivity index (χ0) is 11.5. The summed E-state index contributed by atoms with van der Waals surface area (Å²) in [5.74, 6) is -0.406. The summed E-state index contributed by atoms with van der Waals surface area (Å²) in [7, 11) is 0. The molecule has 0 atom stereocenters. The standard InChI is InChI=1S/C10H10FN5/c11-8-2-1-6(5-15-16-10(12)13)9-7(8)3-4-14-9/h1-5,14H,(H4,12,13,16). The van der Waals surface area contributed by atoms with Crippen molar-refractivity contribution in [3.63, 3.8) is 0 Å². The van der Waals surface area contributed by atoms with Gasteiger partial charge in [0.2, 0.25) is 5.96 Å². The molecule has 0 bridgehead atoms. The number of hydrogen-bond donors (Lipinski definition) is 3. The highest BCUT2D eigenvalue weighted by Crippen LogP contribution is 2.19. The van der Waals surface area contributed by atoms with Crippen LogP contribution < -0.4 is 11.5 Å². The maximum Gasteiger partial charge on any atom is 0.211 e. The Hall–Kier alpha value is -2.37. The number of hydrogen-bond acceptors (Lipinski definition) is 2. The van der Waals surface area contributed by atoms with Crippen LogP contribution in [0.3, 0.4) is 0 Å². The molecule has 82 valence electrons. The van der Waals surface area contributed by atoms with E-state index in [-0.39, 0.29) is 11.8 Å². The number of aromatic nitrogens is 1. The van der Waals surface area contributed by atoms with Crippen LogP contribution in [0, 0.1) is 5.82 Å². The SMILES string of the molecule is NC(N)=NN=Cc1ccc(F)c2cc[nH]c12. The normalized spacial score (nSPS) is 11.1. The van der Waals surface area contributed by atoms with Crippen molar-refractivity contribution in [1.29, 1.82) is 0 Å². The van der Waals surface area contributed by atoms with E-state index in [0.29, 0.717) is 16.5 Å². The van der Waals surface area contributed by atoms with E-state index in [2.05, 4.69) is 15.2 Å². The van der Waals surface area contributed by atoms with Crippen LogP contribution in [-0.2, 0) is 0 Å². The lowest BCUT2D eigenvalue weighted by Crippen LogP contribution is -2.21. The topological polar surface area (TPSA) is 92.6 Å². The van der Waals surface area contributed by atoms with Crippen molar-refractivity contribution < 1.29 is 4.39 Å². The van der Waals surface area contributed by atoms with Crippen molar-refractivity contribution in [2.24, 2.45) is 21.7 Å². The Labute approximate surface area is 90.7 Å². The molecule has 0 aliphatic rings. The minimum absolute atomic E-state index is 0.124. The summed E-state index contributed by atoms with van der Waals surface area (Å²) in [5.41, 5.74) is 11.6. The van der Waals surface area contributed by atoms with Crippen molar-refractivity contribution in [3.05, 3.63) is 35.8 Å². The van der Waals surface area contributed by atoms with Crippen molar-refractivity contribution in [3.8, 4) is 0 Å². The molecule has 0 unspecified atom stereocenters. The highest BCUT2D eigenvalue weighted by atomic mass is 19.1. The predicted octanol–water partition coefficient (Wildman–Crippen LogP) is 0.914. The summed E-state index contributed by atoms with van der Waals surface area (Å²) < 4.78 is 13.3. The predicted molar refractivity (Wildman–Crippen MR) is 61.7 cm³/mol. The van der Waals surface area contributed by atoms with Crippen molar-refractivity contribution >= 4 is 23.1 Å². The van der Waals surface area contributed by atoms with E-state index in [4.69, 9.17) is 11.5 Å². The van der Waals surface area contributed by atoms with Gasteiger partial charge in [0, 0.05) is 17.1 Å². The van der Waals surface area contributed by atoms with Gasteiger partial charge in [0.15, 0.2) is 0 Å². The van der Waals surface area contributed by atoms with E-state index in [1.807, 2.05) is 0 Å². The highest BCUT2D eigenvalue weighted by molar-refractivity contribution is 5.98. The van der Waals surface area contributed by atoms with Gasteiger partial charge in [-0.3, -0.25) is 0 Å². The van der Waals surface area contributed by atoms with Crippen LogP contribution in [0.4, 0.5) is 4.39 Å². The van der Waals surface area contributed by atoms with Crippen molar-refractivity contribution in [1.82, 2.24) is 4.98 Å². The number of guanidine groups is 1. The quantitative estimate of drug-likeness (QED) is 0.398. The van der Waals surface area contributed by atoms with Gasteiger partial charge in [0.25, 0.3) is 0 Å². The number of fused-ring (bicyclic) bond motifs is 1. The van der Waals surface area contributed by atoms with Gasteiger partial charge in [-0.15, -0.1) is 5.10 Å². The van der Waals surface area contributed by atoms with E-state index in [9.17, 15) is 4.39 Å². The van der Waals surface area contributed by atoms with Gasteiger partial charge in [-0.2, -0.15) is 5.10 Å². The minimum Gasteiger partial charge on any atom is -0.369 e. The summed E-state index contributed by atoms with van der Waals surface area (Å²) in [5, 5.41) is 7.65. The Bertz CT molecular complexity index is 566. The lowest BCUT2D eigenvalue weighted by molar-refractivity contribution is 0.640. The molecule has 1 heterocycles. The van der Waals surface area contributed by atoms with Gasteiger partial charge >= 0.3 is 0 Å². The van der Waals surface area contributed by atoms with Crippen molar-refractivity contribution in [2.45, 2.75) is 0 Å². The van der Waals surface area contributed by atoms with Gasteiger partial charge in [-0.25, -0.2) is 4.39 Å². The van der Waals surface area contributed by atoms with E-state index >= 15 is 0 Å². The number of nitrogens with two attached hydrogens (primary N) is 2. The Morgan fingerprint density at radius 1 is 1.31 bits per heavy atom. The molecule has 0 amide bonds. The second kappa shape index (κ2) is 4.01. The van der Waals surface area contributed by atoms with E-state index in [0.717, 1.165) is 0 Å². The molecule has 0 saturated heterocycles. The van der Waals surface area contributed by atoms with Gasteiger partial charge in [0.05, 0.1) is 11.7 Å². The molecule has 1 aromatic carbocycles. The summed E-state index contributed by atoms with van der Waals surface area (Å²) in [6.07, 6.45) is 3.11. The second-order valence-electron chi connectivity index (χ2n) is 3.17. The smallest absolute Gasteiger partial charge is 0.211 e. The van der Waals surface area contributed by atoms with Crippen LogP contribution in [-0.4, -0.2) is 17.2 Å². The Morgan fingerprint density at radius 3 is 2.88 bits per heavy atom. The third-order valence-corrected chi connectivity index (χ3v) is 2.07. The number of nitrogens with one attached hydrogen (secondary N) is 1. The number of H-pyrrole nitrogens is 1. The first-order valence-electron chi connectivity index (χ1n) is 4.56. The molecule has 2 aromatic rings. The number of aromatic amines is 1. The average molecular weight is 219 g/mol. The van der Waals surface area contributed by atoms with Crippen molar-refractivity contribution in [2.75, 3.05) is 0 Å². The third kappa shape index (κ3) is 1.85. The molecule has 16 heavy (non-hydrogen) atoms. The van der Waals surface area contributed by atoms with E-state index < -0.39 is 0 Å². The number of rotatable bonds is 2. The molecule has 0 radical (unpaired) electrons. The summed E-state index contributed by atoms with van der Waals surface area (Å²) >= 11 is 0. The summed E-state index contributed by atoms with van der Waals surface area (Å²) in [6.45, 7) is 0. The maximum absolute atomic E-state index is 13.3. The third-order valence-electron chi connectivity index (χ3n) is 2.07. The van der Waals surface area contributed by atoms with E-state index in [1.165, 1.54) is 12.3 Å². The Morgan fingerprint density at radius 2 is 2.12 bits per heavy atom. The van der Waals surface area contributed by atoms with Gasteiger partial charge in [0.1, 0.15) is 5.82 Å². The van der Waals surface area contributed by atoms with Crippen LogP contribution in [0.5, 0.6) is 0 Å². The molecule has 0 aliphatic carbocycles. The first-order chi connectivity index (χ1) is 7.68. The molecule has 5 N–H and O–H groups in total. The number of halogens is 1. The van der Waals surface area contributed by atoms with Crippen LogP contribution in [0.1, 0.15) is 5.56 Å². The largest absolute Gasteiger partial charge is 0.369 e. The monoisotopic (exact) mass is 219 g/mol. The van der Waals surface area contributed by atoms with Crippen LogP contribution >= 0.6 is 0 Å².